The Kier molecular flexibility index (Phi) is 13.9. The molecule has 7 rings (SSSR count). The van der Waals surface area contributed by atoms with Crippen molar-refractivity contribution in [3.8, 4) is 11.5 Å². The Morgan fingerprint density at radius 3 is 1.69 bits per heavy atom. The predicted molar refractivity (Wildman–Crippen MR) is 217 cm³/mol. The number of ketones is 1. The van der Waals surface area contributed by atoms with Crippen molar-refractivity contribution in [3.05, 3.63) is 202 Å². The van der Waals surface area contributed by atoms with Gasteiger partial charge in [0.2, 0.25) is 0 Å². The molecule has 1 fully saturated rings. The predicted octanol–water partition coefficient (Wildman–Crippen LogP) is 10.5. The standard InChI is InChI=1S/C49H45F3O7/c1-34-26-43(55-30-37-16-8-3-9-17-37)42(28-40(34)27-35-22-24-41(25-23-35)59-49(50,51)52)46-48(57-32-39-20-12-5-13-21-39)47(56-31-38-18-10-4-11-19-38)45(53)44(58-46)33-54-29-36-14-6-2-7-15-36/h2-26,28,44,46-48H,27,29-33H2,1H3/t44-,46+,47+,48+/m1/s1. The van der Waals surface area contributed by atoms with Gasteiger partial charge in [-0.05, 0) is 76.6 Å². The van der Waals surface area contributed by atoms with Crippen LogP contribution in [0.3, 0.4) is 0 Å². The van der Waals surface area contributed by atoms with Gasteiger partial charge in [-0.2, -0.15) is 0 Å². The minimum Gasteiger partial charge on any atom is -0.489 e. The van der Waals surface area contributed by atoms with Crippen molar-refractivity contribution in [1.82, 2.24) is 0 Å². The summed E-state index contributed by atoms with van der Waals surface area (Å²) in [6, 6.07) is 48.5. The number of carbonyl (C=O) groups is 1. The van der Waals surface area contributed by atoms with Gasteiger partial charge in [-0.1, -0.05) is 133 Å². The Bertz CT molecular complexity index is 2220. The van der Waals surface area contributed by atoms with Crippen LogP contribution in [0.1, 0.15) is 50.6 Å². The number of halogens is 3. The van der Waals surface area contributed by atoms with Gasteiger partial charge >= 0.3 is 6.36 Å². The van der Waals surface area contributed by atoms with Crippen LogP contribution in [0.15, 0.2) is 158 Å². The topological polar surface area (TPSA) is 72.5 Å². The molecule has 1 aliphatic rings. The van der Waals surface area contributed by atoms with E-state index in [4.69, 9.17) is 23.7 Å². The molecule has 304 valence electrons. The molecule has 4 atom stereocenters. The van der Waals surface area contributed by atoms with Crippen LogP contribution in [0.2, 0.25) is 0 Å². The third-order valence-electron chi connectivity index (χ3n) is 10.0. The van der Waals surface area contributed by atoms with Crippen LogP contribution in [-0.4, -0.2) is 37.1 Å². The molecule has 0 unspecified atom stereocenters. The van der Waals surface area contributed by atoms with Crippen LogP contribution >= 0.6 is 0 Å². The Labute approximate surface area is 342 Å². The van der Waals surface area contributed by atoms with Crippen LogP contribution in [-0.2, 0) is 56.6 Å². The molecule has 6 aromatic rings. The number of rotatable bonds is 17. The van der Waals surface area contributed by atoms with E-state index in [0.717, 1.165) is 38.9 Å². The second-order valence-electron chi connectivity index (χ2n) is 14.4. The first-order valence-electron chi connectivity index (χ1n) is 19.5. The highest BCUT2D eigenvalue weighted by molar-refractivity contribution is 5.89. The van der Waals surface area contributed by atoms with E-state index < -0.39 is 30.8 Å². The summed E-state index contributed by atoms with van der Waals surface area (Å²) in [6.45, 7) is 2.77. The molecule has 1 aliphatic heterocycles. The van der Waals surface area contributed by atoms with Crippen molar-refractivity contribution in [3.63, 3.8) is 0 Å². The highest BCUT2D eigenvalue weighted by Crippen LogP contribution is 2.41. The Morgan fingerprint density at radius 2 is 1.14 bits per heavy atom. The van der Waals surface area contributed by atoms with Gasteiger partial charge in [0.25, 0.3) is 0 Å². The van der Waals surface area contributed by atoms with E-state index in [1.54, 1.807) is 12.1 Å². The summed E-state index contributed by atoms with van der Waals surface area (Å²) in [7, 11) is 0. The summed E-state index contributed by atoms with van der Waals surface area (Å²) >= 11 is 0. The molecule has 0 saturated carbocycles. The molecular formula is C49H45F3O7. The van der Waals surface area contributed by atoms with Crippen molar-refractivity contribution in [2.24, 2.45) is 0 Å². The van der Waals surface area contributed by atoms with Gasteiger partial charge < -0.3 is 28.4 Å². The lowest BCUT2D eigenvalue weighted by Gasteiger charge is -2.41. The second kappa shape index (κ2) is 19.8. The zero-order valence-corrected chi connectivity index (χ0v) is 32.6. The molecule has 0 aromatic heterocycles. The van der Waals surface area contributed by atoms with Gasteiger partial charge in [0, 0.05) is 5.56 Å². The fourth-order valence-electron chi connectivity index (χ4n) is 6.98. The average molecular weight is 803 g/mol. The van der Waals surface area contributed by atoms with Crippen LogP contribution in [0.25, 0.3) is 0 Å². The second-order valence-corrected chi connectivity index (χ2v) is 14.4. The van der Waals surface area contributed by atoms with E-state index in [2.05, 4.69) is 4.74 Å². The molecule has 0 radical (unpaired) electrons. The molecule has 7 nitrogen and oxygen atoms in total. The molecule has 10 heteroatoms. The molecule has 0 spiro atoms. The van der Waals surface area contributed by atoms with Gasteiger partial charge in [-0.25, -0.2) is 0 Å². The smallest absolute Gasteiger partial charge is 0.489 e. The summed E-state index contributed by atoms with van der Waals surface area (Å²) in [5.41, 5.74) is 6.85. The van der Waals surface area contributed by atoms with Crippen molar-refractivity contribution in [2.45, 2.75) is 70.6 Å². The number of hydrogen-bond acceptors (Lipinski definition) is 7. The van der Waals surface area contributed by atoms with E-state index in [1.807, 2.05) is 140 Å². The van der Waals surface area contributed by atoms with Gasteiger partial charge in [0.1, 0.15) is 42.5 Å². The van der Waals surface area contributed by atoms with E-state index in [0.29, 0.717) is 17.7 Å². The van der Waals surface area contributed by atoms with Gasteiger partial charge in [0.05, 0.1) is 26.4 Å². The molecule has 6 aromatic carbocycles. The van der Waals surface area contributed by atoms with Gasteiger partial charge in [-0.15, -0.1) is 13.2 Å². The monoisotopic (exact) mass is 802 g/mol. The summed E-state index contributed by atoms with van der Waals surface area (Å²) < 4.78 is 75.7. The molecule has 1 heterocycles. The van der Waals surface area contributed by atoms with Crippen LogP contribution in [0, 0.1) is 6.92 Å². The zero-order chi connectivity index (χ0) is 41.0. The van der Waals surface area contributed by atoms with Crippen molar-refractivity contribution in [2.75, 3.05) is 6.61 Å². The molecule has 0 amide bonds. The van der Waals surface area contributed by atoms with Crippen LogP contribution < -0.4 is 9.47 Å². The molecule has 0 aliphatic carbocycles. The first-order valence-corrected chi connectivity index (χ1v) is 19.5. The SMILES string of the molecule is Cc1cc(OCc2ccccc2)c([C@@H]2O[C@H](COCc3ccccc3)C(=O)[C@H](OCc3ccccc3)[C@H]2OCc2ccccc2)cc1Cc1ccc(OC(F)(F)F)cc1. The number of alkyl halides is 3. The molecule has 0 N–H and O–H groups in total. The van der Waals surface area contributed by atoms with Crippen molar-refractivity contribution in [1.29, 1.82) is 0 Å². The third kappa shape index (κ3) is 11.7. The number of aryl methyl sites for hydroxylation is 1. The Morgan fingerprint density at radius 1 is 0.610 bits per heavy atom. The maximum atomic E-state index is 14.5. The highest BCUT2D eigenvalue weighted by atomic mass is 19.4. The molecule has 0 bridgehead atoms. The number of carbonyl (C=O) groups excluding carboxylic acids is 1. The quantitative estimate of drug-likeness (QED) is 0.0909. The normalized spacial score (nSPS) is 18.1. The summed E-state index contributed by atoms with van der Waals surface area (Å²) in [4.78, 5) is 14.5. The summed E-state index contributed by atoms with van der Waals surface area (Å²) in [5, 5.41) is 0. The number of ether oxygens (including phenoxy) is 6. The molecule has 1 saturated heterocycles. The maximum Gasteiger partial charge on any atom is 0.573 e. The number of benzene rings is 6. The van der Waals surface area contributed by atoms with E-state index in [-0.39, 0.29) is 44.6 Å². The van der Waals surface area contributed by atoms with E-state index in [9.17, 15) is 18.0 Å². The fraction of sp³-hybridized carbons (Fsp3) is 0.245. The van der Waals surface area contributed by atoms with Gasteiger partial charge in [0.15, 0.2) is 5.78 Å². The first kappa shape index (κ1) is 41.4. The highest BCUT2D eigenvalue weighted by Gasteiger charge is 2.48. The lowest BCUT2D eigenvalue weighted by Crippen LogP contribution is -2.54. The molecular weight excluding hydrogens is 758 g/mol. The minimum atomic E-state index is -4.80. The summed E-state index contributed by atoms with van der Waals surface area (Å²) in [6.07, 6.45) is -8.30. The maximum absolute atomic E-state index is 14.5. The van der Waals surface area contributed by atoms with E-state index >= 15 is 0 Å². The zero-order valence-electron chi connectivity index (χ0n) is 32.6. The van der Waals surface area contributed by atoms with Gasteiger partial charge in [-0.3, -0.25) is 4.79 Å². The minimum absolute atomic E-state index is 0.0356. The van der Waals surface area contributed by atoms with Crippen LogP contribution in [0.5, 0.6) is 11.5 Å². The van der Waals surface area contributed by atoms with Crippen molar-refractivity contribution >= 4 is 5.78 Å². The summed E-state index contributed by atoms with van der Waals surface area (Å²) in [5.74, 6) is -0.0740. The first-order chi connectivity index (χ1) is 28.7. The Hall–Kier alpha value is -5.78. The Balaban J connectivity index is 1.27. The average Bonchev–Trinajstić information content (AvgIpc) is 3.25. The number of Topliss-reactive ketones (excluding diaryl/α,β-unsaturated/α-hetero) is 1. The number of hydrogen-bond donors (Lipinski definition) is 0. The lowest BCUT2D eigenvalue weighted by molar-refractivity contribution is -0.274. The third-order valence-corrected chi connectivity index (χ3v) is 10.0. The van der Waals surface area contributed by atoms with Crippen molar-refractivity contribution < 1.29 is 46.4 Å². The largest absolute Gasteiger partial charge is 0.573 e. The fourth-order valence-corrected chi connectivity index (χ4v) is 6.98. The lowest BCUT2D eigenvalue weighted by atomic mass is 9.88. The molecule has 59 heavy (non-hydrogen) atoms. The van der Waals surface area contributed by atoms with Crippen LogP contribution in [0.4, 0.5) is 13.2 Å². The van der Waals surface area contributed by atoms with E-state index in [1.165, 1.54) is 12.1 Å².